The molecule has 1 saturated heterocycles. The summed E-state index contributed by atoms with van der Waals surface area (Å²) in [6.07, 6.45) is -4.37. The highest BCUT2D eigenvalue weighted by Crippen LogP contribution is 2.32. The fourth-order valence-electron chi connectivity index (χ4n) is 3.45. The van der Waals surface area contributed by atoms with Gasteiger partial charge in [-0.3, -0.25) is 14.5 Å². The van der Waals surface area contributed by atoms with E-state index in [1.165, 1.54) is 13.0 Å². The molecule has 0 radical (unpaired) electrons. The number of anilines is 2. The van der Waals surface area contributed by atoms with E-state index < -0.39 is 11.7 Å². The number of hydrogen-bond donors (Lipinski definition) is 1. The van der Waals surface area contributed by atoms with Crippen LogP contribution < -0.4 is 10.2 Å². The van der Waals surface area contributed by atoms with E-state index in [9.17, 15) is 22.8 Å². The Morgan fingerprint density at radius 2 is 1.63 bits per heavy atom. The largest absolute Gasteiger partial charge is 0.416 e. The van der Waals surface area contributed by atoms with E-state index in [0.717, 1.165) is 12.1 Å². The van der Waals surface area contributed by atoms with Gasteiger partial charge in [0.15, 0.2) is 5.78 Å². The molecule has 1 heterocycles. The van der Waals surface area contributed by atoms with Gasteiger partial charge in [0.25, 0.3) is 0 Å². The molecule has 0 aliphatic carbocycles. The minimum atomic E-state index is -4.37. The zero-order valence-electron chi connectivity index (χ0n) is 16.9. The van der Waals surface area contributed by atoms with Crippen LogP contribution in [0.2, 0.25) is 0 Å². The molecule has 0 unspecified atom stereocenters. The van der Waals surface area contributed by atoms with Gasteiger partial charge in [-0.1, -0.05) is 6.07 Å². The smallest absolute Gasteiger partial charge is 0.369 e. The molecule has 0 saturated carbocycles. The summed E-state index contributed by atoms with van der Waals surface area (Å²) in [6.45, 7) is 5.48. The van der Waals surface area contributed by atoms with Crippen LogP contribution in [0.3, 0.4) is 0 Å². The van der Waals surface area contributed by atoms with Crippen molar-refractivity contribution in [1.82, 2.24) is 4.90 Å². The third kappa shape index (κ3) is 5.18. The van der Waals surface area contributed by atoms with E-state index in [-0.39, 0.29) is 17.7 Å². The molecule has 2 aromatic carbocycles. The molecule has 5 nitrogen and oxygen atoms in total. The summed E-state index contributed by atoms with van der Waals surface area (Å²) in [5, 5.41) is 2.84. The second-order valence-corrected chi connectivity index (χ2v) is 7.37. The summed E-state index contributed by atoms with van der Waals surface area (Å²) in [4.78, 5) is 27.8. The van der Waals surface area contributed by atoms with Crippen molar-refractivity contribution >= 4 is 23.1 Å². The van der Waals surface area contributed by atoms with Gasteiger partial charge in [-0.15, -0.1) is 0 Å². The number of amides is 1. The van der Waals surface area contributed by atoms with E-state index in [2.05, 4.69) is 5.32 Å². The zero-order chi connectivity index (χ0) is 21.9. The minimum absolute atomic E-state index is 0.0418. The number of hydrogen-bond acceptors (Lipinski definition) is 4. The van der Waals surface area contributed by atoms with Crippen molar-refractivity contribution in [1.29, 1.82) is 0 Å². The lowest BCUT2D eigenvalue weighted by atomic mass is 10.1. The van der Waals surface area contributed by atoms with E-state index >= 15 is 0 Å². The number of rotatable bonds is 5. The number of alkyl halides is 3. The molecule has 1 amide bonds. The average Bonchev–Trinajstić information content (AvgIpc) is 2.73. The summed E-state index contributed by atoms with van der Waals surface area (Å²) in [6, 6.07) is 11.6. The van der Waals surface area contributed by atoms with Crippen LogP contribution in [0.25, 0.3) is 0 Å². The summed E-state index contributed by atoms with van der Waals surface area (Å²) < 4.78 is 38.8. The Kier molecular flexibility index (Phi) is 6.45. The molecule has 2 aromatic rings. The maximum Gasteiger partial charge on any atom is 0.416 e. The molecule has 1 atom stereocenters. The number of carbonyl (C=O) groups is 2. The lowest BCUT2D eigenvalue weighted by molar-refractivity contribution is -0.137. The normalized spacial score (nSPS) is 16.2. The Morgan fingerprint density at radius 3 is 2.20 bits per heavy atom. The summed E-state index contributed by atoms with van der Waals surface area (Å²) in [7, 11) is 0. The number of nitrogens with zero attached hydrogens (tertiary/aromatic N) is 2. The molecule has 1 aliphatic rings. The molecule has 8 heteroatoms. The van der Waals surface area contributed by atoms with Gasteiger partial charge < -0.3 is 10.2 Å². The molecule has 0 spiro atoms. The molecule has 0 bridgehead atoms. The topological polar surface area (TPSA) is 52.7 Å². The first-order valence-corrected chi connectivity index (χ1v) is 9.73. The number of nitrogens with one attached hydrogen (secondary N) is 1. The maximum absolute atomic E-state index is 12.9. The fraction of sp³-hybridized carbons (Fsp3) is 0.364. The third-order valence-electron chi connectivity index (χ3n) is 5.34. The van der Waals surface area contributed by atoms with Crippen LogP contribution in [-0.2, 0) is 11.0 Å². The van der Waals surface area contributed by atoms with Crippen LogP contribution >= 0.6 is 0 Å². The first-order chi connectivity index (χ1) is 14.1. The van der Waals surface area contributed by atoms with Crippen LogP contribution in [0.4, 0.5) is 24.5 Å². The van der Waals surface area contributed by atoms with E-state index in [1.807, 2.05) is 9.80 Å². The first-order valence-electron chi connectivity index (χ1n) is 9.73. The maximum atomic E-state index is 12.9. The van der Waals surface area contributed by atoms with Crippen molar-refractivity contribution in [3.05, 3.63) is 59.7 Å². The highest BCUT2D eigenvalue weighted by Gasteiger charge is 2.31. The second-order valence-electron chi connectivity index (χ2n) is 7.37. The number of piperazine rings is 1. The van der Waals surface area contributed by atoms with Crippen molar-refractivity contribution in [3.8, 4) is 0 Å². The first kappa shape index (κ1) is 21.8. The molecule has 30 heavy (non-hydrogen) atoms. The van der Waals surface area contributed by atoms with Crippen molar-refractivity contribution < 1.29 is 22.8 Å². The Labute approximate surface area is 173 Å². The number of ketones is 1. The molecule has 1 fully saturated rings. The van der Waals surface area contributed by atoms with E-state index in [4.69, 9.17) is 0 Å². The van der Waals surface area contributed by atoms with Crippen molar-refractivity contribution in [2.45, 2.75) is 26.1 Å². The lowest BCUT2D eigenvalue weighted by Gasteiger charge is -2.38. The summed E-state index contributed by atoms with van der Waals surface area (Å²) >= 11 is 0. The van der Waals surface area contributed by atoms with Crippen LogP contribution in [0.15, 0.2) is 48.5 Å². The Balaban J connectivity index is 1.56. The minimum Gasteiger partial charge on any atom is -0.369 e. The Morgan fingerprint density at radius 1 is 1.00 bits per heavy atom. The van der Waals surface area contributed by atoms with Gasteiger partial charge in [0.2, 0.25) is 5.91 Å². The van der Waals surface area contributed by atoms with Gasteiger partial charge in [-0.05, 0) is 56.3 Å². The van der Waals surface area contributed by atoms with Crippen molar-refractivity contribution in [3.63, 3.8) is 0 Å². The molecule has 3 rings (SSSR count). The van der Waals surface area contributed by atoms with Gasteiger partial charge in [-0.25, -0.2) is 0 Å². The highest BCUT2D eigenvalue weighted by molar-refractivity contribution is 5.97. The number of carbonyl (C=O) groups excluding carboxylic acids is 2. The Bertz CT molecular complexity index is 905. The predicted octanol–water partition coefficient (Wildman–Crippen LogP) is 4.06. The van der Waals surface area contributed by atoms with Gasteiger partial charge in [0, 0.05) is 43.1 Å². The standard InChI is InChI=1S/C22H24F3N3O2/c1-15(21(30)26-19-8-6-17(7-9-19)16(2)29)27-10-12-28(13-11-27)20-5-3-4-18(14-20)22(23,24)25/h3-9,14-15H,10-13H2,1-2H3,(H,26,30)/t15-/m0/s1. The third-order valence-corrected chi connectivity index (χ3v) is 5.34. The fourth-order valence-corrected chi connectivity index (χ4v) is 3.45. The van der Waals surface area contributed by atoms with E-state index in [0.29, 0.717) is 43.1 Å². The number of benzene rings is 2. The number of halogens is 3. The lowest BCUT2D eigenvalue weighted by Crippen LogP contribution is -2.52. The van der Waals surface area contributed by atoms with E-state index in [1.54, 1.807) is 37.3 Å². The van der Waals surface area contributed by atoms with Crippen LogP contribution in [0, 0.1) is 0 Å². The van der Waals surface area contributed by atoms with Gasteiger partial charge in [-0.2, -0.15) is 13.2 Å². The van der Waals surface area contributed by atoms with Gasteiger partial charge in [0.05, 0.1) is 11.6 Å². The predicted molar refractivity (Wildman–Crippen MR) is 110 cm³/mol. The second kappa shape index (κ2) is 8.87. The highest BCUT2D eigenvalue weighted by atomic mass is 19.4. The van der Waals surface area contributed by atoms with Crippen molar-refractivity contribution in [2.24, 2.45) is 0 Å². The molecular formula is C22H24F3N3O2. The van der Waals surface area contributed by atoms with Crippen LogP contribution in [0.5, 0.6) is 0 Å². The molecule has 1 N–H and O–H groups in total. The Hall–Kier alpha value is -2.87. The monoisotopic (exact) mass is 419 g/mol. The molecule has 160 valence electrons. The quantitative estimate of drug-likeness (QED) is 0.743. The molecule has 1 aliphatic heterocycles. The molecule has 0 aromatic heterocycles. The SMILES string of the molecule is CC(=O)c1ccc(NC(=O)[C@H](C)N2CCN(c3cccc(C(F)(F)F)c3)CC2)cc1. The van der Waals surface area contributed by atoms with Gasteiger partial charge in [0.1, 0.15) is 0 Å². The van der Waals surface area contributed by atoms with Gasteiger partial charge >= 0.3 is 6.18 Å². The van der Waals surface area contributed by atoms with Crippen LogP contribution in [0.1, 0.15) is 29.8 Å². The van der Waals surface area contributed by atoms with Crippen LogP contribution in [-0.4, -0.2) is 48.8 Å². The van der Waals surface area contributed by atoms with Crippen molar-refractivity contribution in [2.75, 3.05) is 36.4 Å². The summed E-state index contributed by atoms with van der Waals surface area (Å²) in [5.41, 5.74) is 1.06. The zero-order valence-corrected chi connectivity index (χ0v) is 16.9. The summed E-state index contributed by atoms with van der Waals surface area (Å²) in [5.74, 6) is -0.210. The average molecular weight is 419 g/mol. The molecular weight excluding hydrogens is 395 g/mol. The number of Topliss-reactive ketones (excluding diaryl/α,β-unsaturated/α-hetero) is 1.